The van der Waals surface area contributed by atoms with Crippen LogP contribution in [0.3, 0.4) is 0 Å². The summed E-state index contributed by atoms with van der Waals surface area (Å²) in [7, 11) is 0. The summed E-state index contributed by atoms with van der Waals surface area (Å²) in [6, 6.07) is 0. The Balaban J connectivity index is 2.67. The molecule has 140 valence electrons. The Kier molecular flexibility index (Phi) is 9.70. The zero-order valence-electron chi connectivity index (χ0n) is 14.0. The van der Waals surface area contributed by atoms with Gasteiger partial charge in [-0.2, -0.15) is 0 Å². The Bertz CT molecular complexity index is 409. The van der Waals surface area contributed by atoms with Gasteiger partial charge in [-0.05, 0) is 6.42 Å². The van der Waals surface area contributed by atoms with Crippen LogP contribution in [0.1, 0.15) is 39.0 Å². The average molecular weight is 348 g/mol. The van der Waals surface area contributed by atoms with Crippen LogP contribution in [0, 0.1) is 0 Å². The normalized spacial score (nSPS) is 20.0. The average Bonchev–Trinajstić information content (AvgIpc) is 2.90. The monoisotopic (exact) mass is 348 g/mol. The predicted molar refractivity (Wildman–Crippen MR) is 83.8 cm³/mol. The minimum absolute atomic E-state index is 0.0670. The van der Waals surface area contributed by atoms with E-state index in [0.717, 1.165) is 32.1 Å². The molecule has 8 heteroatoms. The second-order valence-electron chi connectivity index (χ2n) is 5.68. The Morgan fingerprint density at radius 3 is 2.42 bits per heavy atom. The van der Waals surface area contributed by atoms with Gasteiger partial charge in [-0.3, -0.25) is 0 Å². The minimum atomic E-state index is -1.36. The first-order chi connectivity index (χ1) is 11.5. The number of esters is 1. The van der Waals surface area contributed by atoms with E-state index in [1.54, 1.807) is 0 Å². The molecule has 0 saturated heterocycles. The smallest absolute Gasteiger partial charge is 0.378 e. The third kappa shape index (κ3) is 6.27. The van der Waals surface area contributed by atoms with Crippen molar-refractivity contribution in [2.24, 2.45) is 0 Å². The van der Waals surface area contributed by atoms with E-state index in [0.29, 0.717) is 6.61 Å². The lowest BCUT2D eigenvalue weighted by Crippen LogP contribution is -2.33. The number of aliphatic hydroxyl groups is 4. The van der Waals surface area contributed by atoms with E-state index in [-0.39, 0.29) is 18.1 Å². The fourth-order valence-corrected chi connectivity index (χ4v) is 2.20. The topological polar surface area (TPSA) is 126 Å². The highest BCUT2D eigenvalue weighted by atomic mass is 16.6. The van der Waals surface area contributed by atoms with Crippen molar-refractivity contribution in [3.63, 3.8) is 0 Å². The number of hydrogen-bond acceptors (Lipinski definition) is 8. The Hall–Kier alpha value is -1.35. The van der Waals surface area contributed by atoms with Crippen LogP contribution in [-0.2, 0) is 19.0 Å². The maximum Gasteiger partial charge on any atom is 0.378 e. The van der Waals surface area contributed by atoms with E-state index < -0.39 is 37.5 Å². The van der Waals surface area contributed by atoms with Crippen molar-refractivity contribution in [3.05, 3.63) is 11.5 Å². The number of unbranched alkanes of at least 4 members (excludes halogenated alkanes) is 4. The molecule has 24 heavy (non-hydrogen) atoms. The molecule has 1 aliphatic heterocycles. The summed E-state index contributed by atoms with van der Waals surface area (Å²) >= 11 is 0. The molecule has 3 atom stereocenters. The Labute approximate surface area is 141 Å². The number of cyclic esters (lactones) is 1. The largest absolute Gasteiger partial charge is 0.487 e. The molecule has 0 spiro atoms. The molecule has 1 heterocycles. The van der Waals surface area contributed by atoms with Crippen LogP contribution in [0.25, 0.3) is 0 Å². The van der Waals surface area contributed by atoms with E-state index >= 15 is 0 Å². The van der Waals surface area contributed by atoms with Crippen molar-refractivity contribution in [1.82, 2.24) is 0 Å². The minimum Gasteiger partial charge on any atom is -0.487 e. The van der Waals surface area contributed by atoms with Crippen molar-refractivity contribution >= 4 is 5.97 Å². The fourth-order valence-electron chi connectivity index (χ4n) is 2.20. The SMILES string of the molecule is CCCCCCCOC1=C(OCC(O)CO)[C@@H]([C@@H](O)CO)OC1=O. The van der Waals surface area contributed by atoms with Crippen LogP contribution < -0.4 is 0 Å². The molecular formula is C16H28O8. The highest BCUT2D eigenvalue weighted by Gasteiger charge is 2.42. The standard InChI is InChI=1S/C16H28O8/c1-2-3-4-5-6-7-22-15-14(23-10-11(19)8-17)13(12(20)9-18)24-16(15)21/h11-13,17-20H,2-10H2,1H3/t11?,12-,13+/m0/s1. The molecule has 1 aliphatic rings. The lowest BCUT2D eigenvalue weighted by atomic mass is 10.1. The van der Waals surface area contributed by atoms with Gasteiger partial charge in [-0.1, -0.05) is 32.6 Å². The van der Waals surface area contributed by atoms with E-state index in [2.05, 4.69) is 6.92 Å². The third-order valence-electron chi connectivity index (χ3n) is 3.57. The maximum atomic E-state index is 11.9. The molecule has 1 unspecified atom stereocenters. The first-order valence-electron chi connectivity index (χ1n) is 8.33. The Morgan fingerprint density at radius 2 is 1.79 bits per heavy atom. The molecule has 0 bridgehead atoms. The van der Waals surface area contributed by atoms with Crippen LogP contribution in [-0.4, -0.2) is 71.1 Å². The van der Waals surface area contributed by atoms with Gasteiger partial charge in [0.25, 0.3) is 0 Å². The molecule has 0 saturated carbocycles. The van der Waals surface area contributed by atoms with Crippen molar-refractivity contribution in [2.75, 3.05) is 26.4 Å². The van der Waals surface area contributed by atoms with Gasteiger partial charge in [0.1, 0.15) is 18.8 Å². The lowest BCUT2D eigenvalue weighted by Gasteiger charge is -2.19. The van der Waals surface area contributed by atoms with Gasteiger partial charge in [0.15, 0.2) is 11.9 Å². The zero-order valence-corrected chi connectivity index (χ0v) is 14.0. The zero-order chi connectivity index (χ0) is 17.9. The maximum absolute atomic E-state index is 11.9. The van der Waals surface area contributed by atoms with Crippen LogP contribution >= 0.6 is 0 Å². The third-order valence-corrected chi connectivity index (χ3v) is 3.57. The van der Waals surface area contributed by atoms with Gasteiger partial charge in [0, 0.05) is 0 Å². The van der Waals surface area contributed by atoms with Crippen LogP contribution in [0.4, 0.5) is 0 Å². The number of hydrogen-bond donors (Lipinski definition) is 4. The number of ether oxygens (including phenoxy) is 3. The molecule has 0 fully saturated rings. The summed E-state index contributed by atoms with van der Waals surface area (Å²) in [6.45, 7) is 0.986. The van der Waals surface area contributed by atoms with Gasteiger partial charge in [-0.15, -0.1) is 0 Å². The summed E-state index contributed by atoms with van der Waals surface area (Å²) in [4.78, 5) is 11.9. The molecule has 0 radical (unpaired) electrons. The quantitative estimate of drug-likeness (QED) is 0.267. The number of rotatable bonds is 13. The molecule has 0 aliphatic carbocycles. The van der Waals surface area contributed by atoms with Crippen LogP contribution in [0.5, 0.6) is 0 Å². The second-order valence-corrected chi connectivity index (χ2v) is 5.68. The molecule has 1 rings (SSSR count). The van der Waals surface area contributed by atoms with E-state index in [1.807, 2.05) is 0 Å². The first-order valence-corrected chi connectivity index (χ1v) is 8.33. The molecule has 0 aromatic heterocycles. The van der Waals surface area contributed by atoms with Gasteiger partial charge >= 0.3 is 5.97 Å². The Morgan fingerprint density at radius 1 is 1.08 bits per heavy atom. The van der Waals surface area contributed by atoms with Crippen molar-refractivity contribution in [3.8, 4) is 0 Å². The molecular weight excluding hydrogens is 320 g/mol. The molecule has 0 aromatic carbocycles. The van der Waals surface area contributed by atoms with Crippen molar-refractivity contribution < 1.29 is 39.4 Å². The van der Waals surface area contributed by atoms with Gasteiger partial charge < -0.3 is 34.6 Å². The van der Waals surface area contributed by atoms with Crippen LogP contribution in [0.2, 0.25) is 0 Å². The molecule has 4 N–H and O–H groups in total. The summed E-state index contributed by atoms with van der Waals surface area (Å²) in [5, 5.41) is 37.0. The fraction of sp³-hybridized carbons (Fsp3) is 0.812. The van der Waals surface area contributed by atoms with Gasteiger partial charge in [0.2, 0.25) is 5.76 Å². The number of aliphatic hydroxyl groups excluding tert-OH is 4. The lowest BCUT2D eigenvalue weighted by molar-refractivity contribution is -0.148. The van der Waals surface area contributed by atoms with Crippen molar-refractivity contribution in [2.45, 2.75) is 57.3 Å². The highest BCUT2D eigenvalue weighted by Crippen LogP contribution is 2.27. The van der Waals surface area contributed by atoms with Gasteiger partial charge in [0.05, 0.1) is 19.8 Å². The van der Waals surface area contributed by atoms with Crippen molar-refractivity contribution in [1.29, 1.82) is 0 Å². The molecule has 0 aromatic rings. The van der Waals surface area contributed by atoms with E-state index in [1.165, 1.54) is 0 Å². The second kappa shape index (κ2) is 11.2. The van der Waals surface area contributed by atoms with E-state index in [9.17, 15) is 15.0 Å². The van der Waals surface area contributed by atoms with Gasteiger partial charge in [-0.25, -0.2) is 4.79 Å². The summed E-state index contributed by atoms with van der Waals surface area (Å²) in [6.07, 6.45) is 1.39. The van der Waals surface area contributed by atoms with E-state index in [4.69, 9.17) is 24.4 Å². The van der Waals surface area contributed by atoms with Crippen LogP contribution in [0.15, 0.2) is 11.5 Å². The predicted octanol–water partition coefficient (Wildman–Crippen LogP) is -0.167. The summed E-state index contributed by atoms with van der Waals surface area (Å²) < 4.78 is 15.7. The first kappa shape index (κ1) is 20.7. The summed E-state index contributed by atoms with van der Waals surface area (Å²) in [5.41, 5.74) is 0. The highest BCUT2D eigenvalue weighted by molar-refractivity contribution is 5.89. The molecule has 0 amide bonds. The molecule has 8 nitrogen and oxygen atoms in total. The number of carbonyl (C=O) groups is 1. The number of carbonyl (C=O) groups excluding carboxylic acids is 1. The summed E-state index contributed by atoms with van der Waals surface area (Å²) in [5.74, 6) is -1.01.